The van der Waals surface area contributed by atoms with Crippen LogP contribution < -0.4 is 5.32 Å². The van der Waals surface area contributed by atoms with Crippen LogP contribution in [0.3, 0.4) is 0 Å². The SMILES string of the molecule is CNC(CO)CCN1CCCC(C(F)(F)F)C1. The van der Waals surface area contributed by atoms with E-state index in [2.05, 4.69) is 5.32 Å². The van der Waals surface area contributed by atoms with Crippen LogP contribution in [0.5, 0.6) is 0 Å². The molecular formula is C11H21F3N2O. The van der Waals surface area contributed by atoms with Crippen molar-refractivity contribution in [2.24, 2.45) is 5.92 Å². The lowest BCUT2D eigenvalue weighted by atomic mass is 9.97. The minimum absolute atomic E-state index is 0.0209. The molecule has 0 aliphatic carbocycles. The molecule has 0 aromatic carbocycles. The van der Waals surface area contributed by atoms with E-state index >= 15 is 0 Å². The molecule has 0 bridgehead atoms. The van der Waals surface area contributed by atoms with Crippen molar-refractivity contribution in [2.75, 3.05) is 33.3 Å². The first-order chi connectivity index (χ1) is 7.97. The number of aliphatic hydroxyl groups is 1. The molecular weight excluding hydrogens is 233 g/mol. The molecule has 1 saturated heterocycles. The number of aliphatic hydroxyl groups excluding tert-OH is 1. The van der Waals surface area contributed by atoms with Crippen molar-refractivity contribution in [3.05, 3.63) is 0 Å². The number of alkyl halides is 3. The summed E-state index contributed by atoms with van der Waals surface area (Å²) in [5, 5.41) is 11.9. The van der Waals surface area contributed by atoms with Gasteiger partial charge in [-0.1, -0.05) is 0 Å². The lowest BCUT2D eigenvalue weighted by molar-refractivity contribution is -0.186. The van der Waals surface area contributed by atoms with Gasteiger partial charge in [0, 0.05) is 12.6 Å². The highest BCUT2D eigenvalue weighted by Gasteiger charge is 2.41. The van der Waals surface area contributed by atoms with E-state index in [1.165, 1.54) is 0 Å². The number of likely N-dealkylation sites (tertiary alicyclic amines) is 1. The fourth-order valence-electron chi connectivity index (χ4n) is 2.19. The summed E-state index contributed by atoms with van der Waals surface area (Å²) in [5.74, 6) is -1.18. The van der Waals surface area contributed by atoms with E-state index in [-0.39, 0.29) is 25.6 Å². The first kappa shape index (κ1) is 14.7. The van der Waals surface area contributed by atoms with Gasteiger partial charge in [-0.15, -0.1) is 0 Å². The largest absolute Gasteiger partial charge is 0.395 e. The maximum atomic E-state index is 12.6. The summed E-state index contributed by atoms with van der Waals surface area (Å²) in [6.07, 6.45) is -2.54. The third-order valence-corrected chi connectivity index (χ3v) is 3.39. The Labute approximate surface area is 100.0 Å². The van der Waals surface area contributed by atoms with Crippen molar-refractivity contribution in [1.29, 1.82) is 0 Å². The Bertz CT molecular complexity index is 219. The standard InChI is InChI=1S/C11H21F3N2O/c1-15-10(8-17)4-6-16-5-2-3-9(7-16)11(12,13)14/h9-10,15,17H,2-8H2,1H3. The van der Waals surface area contributed by atoms with Gasteiger partial charge in [-0.3, -0.25) is 0 Å². The summed E-state index contributed by atoms with van der Waals surface area (Å²) in [4.78, 5) is 1.85. The predicted molar refractivity (Wildman–Crippen MR) is 59.8 cm³/mol. The van der Waals surface area contributed by atoms with Crippen LogP contribution >= 0.6 is 0 Å². The van der Waals surface area contributed by atoms with Gasteiger partial charge in [-0.2, -0.15) is 13.2 Å². The third-order valence-electron chi connectivity index (χ3n) is 3.39. The Morgan fingerprint density at radius 2 is 2.18 bits per heavy atom. The Hall–Kier alpha value is -0.330. The fourth-order valence-corrected chi connectivity index (χ4v) is 2.19. The first-order valence-corrected chi connectivity index (χ1v) is 6.04. The summed E-state index contributed by atoms with van der Waals surface area (Å²) in [6, 6.07) is -0.0266. The van der Waals surface area contributed by atoms with E-state index in [0.717, 1.165) is 6.54 Å². The maximum Gasteiger partial charge on any atom is 0.393 e. The molecule has 1 aliphatic heterocycles. The van der Waals surface area contributed by atoms with E-state index in [0.29, 0.717) is 19.4 Å². The zero-order valence-electron chi connectivity index (χ0n) is 10.1. The van der Waals surface area contributed by atoms with Crippen LogP contribution in [0.15, 0.2) is 0 Å². The van der Waals surface area contributed by atoms with Gasteiger partial charge < -0.3 is 15.3 Å². The second-order valence-corrected chi connectivity index (χ2v) is 4.64. The number of nitrogens with zero attached hydrogens (tertiary/aromatic N) is 1. The molecule has 3 nitrogen and oxygen atoms in total. The second kappa shape index (κ2) is 6.56. The highest BCUT2D eigenvalue weighted by Crippen LogP contribution is 2.33. The summed E-state index contributed by atoms with van der Waals surface area (Å²) < 4.78 is 37.7. The van der Waals surface area contributed by atoms with E-state index in [9.17, 15) is 13.2 Å². The molecule has 17 heavy (non-hydrogen) atoms. The number of nitrogens with one attached hydrogen (secondary N) is 1. The zero-order chi connectivity index (χ0) is 12.9. The number of hydrogen-bond donors (Lipinski definition) is 2. The molecule has 0 saturated carbocycles. The normalized spacial score (nSPS) is 24.9. The molecule has 2 atom stereocenters. The van der Waals surface area contributed by atoms with Crippen LogP contribution in [0, 0.1) is 5.92 Å². The lowest BCUT2D eigenvalue weighted by Crippen LogP contribution is -2.43. The minimum Gasteiger partial charge on any atom is -0.395 e. The summed E-state index contributed by atoms with van der Waals surface area (Å²) >= 11 is 0. The fraction of sp³-hybridized carbons (Fsp3) is 1.00. The van der Waals surface area contributed by atoms with Crippen molar-refractivity contribution in [3.8, 4) is 0 Å². The van der Waals surface area contributed by atoms with Crippen LogP contribution in [0.25, 0.3) is 0 Å². The molecule has 0 radical (unpaired) electrons. The Morgan fingerprint density at radius 3 is 2.71 bits per heavy atom. The highest BCUT2D eigenvalue weighted by molar-refractivity contribution is 4.79. The Morgan fingerprint density at radius 1 is 1.47 bits per heavy atom. The molecule has 0 amide bonds. The number of hydrogen-bond acceptors (Lipinski definition) is 3. The molecule has 6 heteroatoms. The zero-order valence-corrected chi connectivity index (χ0v) is 10.1. The third kappa shape index (κ3) is 4.81. The lowest BCUT2D eigenvalue weighted by Gasteiger charge is -2.34. The summed E-state index contributed by atoms with van der Waals surface area (Å²) in [6.45, 7) is 1.46. The number of likely N-dealkylation sites (N-methyl/N-ethyl adjacent to an activating group) is 1. The van der Waals surface area contributed by atoms with Crippen molar-refractivity contribution in [2.45, 2.75) is 31.5 Å². The maximum absolute atomic E-state index is 12.6. The van der Waals surface area contributed by atoms with Crippen molar-refractivity contribution < 1.29 is 18.3 Å². The van der Waals surface area contributed by atoms with Crippen LogP contribution in [0.4, 0.5) is 13.2 Å². The average molecular weight is 254 g/mol. The molecule has 0 aromatic heterocycles. The van der Waals surface area contributed by atoms with Gasteiger partial charge in [0.15, 0.2) is 0 Å². The molecule has 2 unspecified atom stereocenters. The Kier molecular flexibility index (Phi) is 5.69. The van der Waals surface area contributed by atoms with Crippen LogP contribution in [0.1, 0.15) is 19.3 Å². The molecule has 1 rings (SSSR count). The molecule has 0 spiro atoms. The van der Waals surface area contributed by atoms with Crippen molar-refractivity contribution in [3.63, 3.8) is 0 Å². The molecule has 2 N–H and O–H groups in total. The van der Waals surface area contributed by atoms with Gasteiger partial charge in [0.1, 0.15) is 0 Å². The number of rotatable bonds is 5. The first-order valence-electron chi connectivity index (χ1n) is 6.04. The monoisotopic (exact) mass is 254 g/mol. The van der Waals surface area contributed by atoms with Gasteiger partial charge in [-0.25, -0.2) is 0 Å². The quantitative estimate of drug-likeness (QED) is 0.774. The van der Waals surface area contributed by atoms with Crippen LogP contribution in [-0.2, 0) is 0 Å². The molecule has 1 aliphatic rings. The smallest absolute Gasteiger partial charge is 0.393 e. The molecule has 0 aromatic rings. The van der Waals surface area contributed by atoms with Gasteiger partial charge in [0.25, 0.3) is 0 Å². The molecule has 1 heterocycles. The van der Waals surface area contributed by atoms with E-state index in [1.54, 1.807) is 7.05 Å². The topological polar surface area (TPSA) is 35.5 Å². The van der Waals surface area contributed by atoms with Gasteiger partial charge in [0.2, 0.25) is 0 Å². The predicted octanol–water partition coefficient (Wildman–Crippen LogP) is 1.23. The average Bonchev–Trinajstić information content (AvgIpc) is 2.30. The second-order valence-electron chi connectivity index (χ2n) is 4.64. The number of piperidine rings is 1. The van der Waals surface area contributed by atoms with Gasteiger partial charge in [-0.05, 0) is 39.4 Å². The summed E-state index contributed by atoms with van der Waals surface area (Å²) in [5.41, 5.74) is 0. The highest BCUT2D eigenvalue weighted by atomic mass is 19.4. The van der Waals surface area contributed by atoms with Crippen LogP contribution in [0.2, 0.25) is 0 Å². The van der Waals surface area contributed by atoms with Gasteiger partial charge in [0.05, 0.1) is 12.5 Å². The summed E-state index contributed by atoms with van der Waals surface area (Å²) in [7, 11) is 1.75. The minimum atomic E-state index is -4.07. The van der Waals surface area contributed by atoms with Gasteiger partial charge >= 0.3 is 6.18 Å². The molecule has 102 valence electrons. The van der Waals surface area contributed by atoms with Crippen LogP contribution in [-0.4, -0.2) is 55.5 Å². The van der Waals surface area contributed by atoms with Crippen molar-refractivity contribution >= 4 is 0 Å². The van der Waals surface area contributed by atoms with E-state index in [1.807, 2.05) is 4.90 Å². The molecule has 1 fully saturated rings. The number of halogens is 3. The van der Waals surface area contributed by atoms with Crippen molar-refractivity contribution in [1.82, 2.24) is 10.2 Å². The van der Waals surface area contributed by atoms with E-state index in [4.69, 9.17) is 5.11 Å². The Balaban J connectivity index is 2.34. The van der Waals surface area contributed by atoms with E-state index < -0.39 is 12.1 Å².